The van der Waals surface area contributed by atoms with E-state index in [4.69, 9.17) is 4.74 Å². The maximum Gasteiger partial charge on any atom is 0.321 e. The van der Waals surface area contributed by atoms with Crippen LogP contribution in [0.4, 0.5) is 0 Å². The highest BCUT2D eigenvalue weighted by Crippen LogP contribution is 2.35. The normalized spacial score (nSPS) is 21.0. The summed E-state index contributed by atoms with van der Waals surface area (Å²) in [7, 11) is -4.00. The highest BCUT2D eigenvalue weighted by molar-refractivity contribution is 7.93. The molecule has 0 spiro atoms. The highest BCUT2D eigenvalue weighted by atomic mass is 32.2. The van der Waals surface area contributed by atoms with Crippen LogP contribution in [0, 0.1) is 5.92 Å². The predicted molar refractivity (Wildman–Crippen MR) is 114 cm³/mol. The van der Waals surface area contributed by atoms with Crippen LogP contribution < -0.4 is 9.46 Å². The predicted octanol–water partition coefficient (Wildman–Crippen LogP) is 3.07. The number of benzene rings is 2. The van der Waals surface area contributed by atoms with Gasteiger partial charge in [-0.3, -0.25) is 4.79 Å². The number of sulfonamides is 1. The fourth-order valence-corrected chi connectivity index (χ4v) is 5.09. The van der Waals surface area contributed by atoms with Crippen molar-refractivity contribution in [3.05, 3.63) is 88.9 Å². The van der Waals surface area contributed by atoms with Gasteiger partial charge < -0.3 is 9.84 Å². The van der Waals surface area contributed by atoms with Crippen molar-refractivity contribution in [1.29, 1.82) is 0 Å². The first-order valence-corrected chi connectivity index (χ1v) is 11.3. The lowest BCUT2D eigenvalue weighted by Gasteiger charge is -2.32. The van der Waals surface area contributed by atoms with Crippen molar-refractivity contribution in [2.24, 2.45) is 5.92 Å². The molecule has 0 fully saturated rings. The van der Waals surface area contributed by atoms with Crippen LogP contribution in [0.15, 0.2) is 77.7 Å². The summed E-state index contributed by atoms with van der Waals surface area (Å²) in [5.41, 5.74) is 2.05. The molecular weight excluding hydrogens is 402 g/mol. The van der Waals surface area contributed by atoms with E-state index in [9.17, 15) is 18.3 Å². The first-order chi connectivity index (χ1) is 14.4. The lowest BCUT2D eigenvalue weighted by atomic mass is 9.88. The average molecular weight is 426 g/mol. The second-order valence-electron chi connectivity index (χ2n) is 7.52. The lowest BCUT2D eigenvalue weighted by molar-refractivity contribution is -0.139. The molecule has 30 heavy (non-hydrogen) atoms. The number of nitrogens with one attached hydrogen (secondary N) is 1. The van der Waals surface area contributed by atoms with Crippen molar-refractivity contribution in [3.8, 4) is 5.75 Å². The molecular formula is C23H23NO5S. The van der Waals surface area contributed by atoms with Gasteiger partial charge in [0.2, 0.25) is 10.0 Å². The minimum atomic E-state index is -4.00. The number of hydrogen-bond acceptors (Lipinski definition) is 4. The molecule has 2 aromatic carbocycles. The largest absolute Gasteiger partial charge is 0.485 e. The first-order valence-electron chi connectivity index (χ1n) is 9.86. The van der Waals surface area contributed by atoms with Crippen LogP contribution in [0.5, 0.6) is 5.75 Å². The van der Waals surface area contributed by atoms with Gasteiger partial charge in [-0.15, -0.1) is 0 Å². The zero-order valence-corrected chi connectivity index (χ0v) is 17.1. The zero-order chi connectivity index (χ0) is 21.1. The Bertz CT molecular complexity index is 1090. The van der Waals surface area contributed by atoms with E-state index in [-0.39, 0.29) is 17.2 Å². The zero-order valence-electron chi connectivity index (χ0n) is 16.3. The Morgan fingerprint density at radius 1 is 1.13 bits per heavy atom. The fourth-order valence-electron chi connectivity index (χ4n) is 3.79. The number of carboxylic acid groups (broad SMARTS) is 1. The van der Waals surface area contributed by atoms with E-state index < -0.39 is 28.1 Å². The maximum absolute atomic E-state index is 12.9. The van der Waals surface area contributed by atoms with Crippen molar-refractivity contribution in [2.45, 2.75) is 31.4 Å². The van der Waals surface area contributed by atoms with Crippen LogP contribution in [0.25, 0.3) is 0 Å². The van der Waals surface area contributed by atoms with Crippen molar-refractivity contribution >= 4 is 16.0 Å². The standard InChI is InChI=1S/C23H23NO5S/c25-23(26)20(13-10-16-6-2-1-3-7-16)24-30(27,28)19-12-11-18-14-17-8-4-5-9-21(17)29-22(18)15-19/h1-9,11-12,15,18,20,22,24H,10,13-14H2,(H,25,26). The van der Waals surface area contributed by atoms with Crippen LogP contribution in [0.2, 0.25) is 0 Å². The van der Waals surface area contributed by atoms with Crippen molar-refractivity contribution in [2.75, 3.05) is 0 Å². The van der Waals surface area contributed by atoms with Gasteiger partial charge in [-0.2, -0.15) is 4.72 Å². The Balaban J connectivity index is 1.48. The molecule has 6 nitrogen and oxygen atoms in total. The molecule has 2 aromatic rings. The average Bonchev–Trinajstić information content (AvgIpc) is 2.75. The van der Waals surface area contributed by atoms with Gasteiger partial charge in [0.05, 0.1) is 4.91 Å². The number of allylic oxidation sites excluding steroid dienone is 1. The molecule has 0 amide bonds. The molecule has 1 aliphatic carbocycles. The number of aliphatic carboxylic acids is 1. The first kappa shape index (κ1) is 20.4. The third kappa shape index (κ3) is 4.47. The van der Waals surface area contributed by atoms with E-state index in [1.54, 1.807) is 6.08 Å². The quantitative estimate of drug-likeness (QED) is 0.711. The van der Waals surface area contributed by atoms with Gasteiger partial charge in [0.15, 0.2) is 0 Å². The molecule has 0 radical (unpaired) electrons. The van der Waals surface area contributed by atoms with E-state index in [2.05, 4.69) is 4.72 Å². The molecule has 2 aliphatic rings. The highest BCUT2D eigenvalue weighted by Gasteiger charge is 2.33. The molecule has 1 aliphatic heterocycles. The third-order valence-corrected chi connectivity index (χ3v) is 6.91. The fraction of sp³-hybridized carbons (Fsp3) is 0.261. The minimum Gasteiger partial charge on any atom is -0.485 e. The van der Waals surface area contributed by atoms with Gasteiger partial charge in [-0.05, 0) is 48.6 Å². The summed E-state index contributed by atoms with van der Waals surface area (Å²) in [4.78, 5) is 11.7. The smallest absolute Gasteiger partial charge is 0.321 e. The second-order valence-corrected chi connectivity index (χ2v) is 9.24. The second kappa shape index (κ2) is 8.45. The summed E-state index contributed by atoms with van der Waals surface area (Å²) >= 11 is 0. The van der Waals surface area contributed by atoms with Gasteiger partial charge in [-0.1, -0.05) is 54.6 Å². The van der Waals surface area contributed by atoms with E-state index in [1.807, 2.05) is 60.7 Å². The lowest BCUT2D eigenvalue weighted by Crippen LogP contribution is -2.42. The van der Waals surface area contributed by atoms with E-state index >= 15 is 0 Å². The van der Waals surface area contributed by atoms with Gasteiger partial charge in [-0.25, -0.2) is 8.42 Å². The number of carbonyl (C=O) groups is 1. The van der Waals surface area contributed by atoms with Crippen molar-refractivity contribution < 1.29 is 23.1 Å². The van der Waals surface area contributed by atoms with Crippen LogP contribution >= 0.6 is 0 Å². The molecule has 3 atom stereocenters. The monoisotopic (exact) mass is 425 g/mol. The van der Waals surface area contributed by atoms with E-state index in [0.717, 1.165) is 23.3 Å². The number of fused-ring (bicyclic) bond motifs is 2. The summed E-state index contributed by atoms with van der Waals surface area (Å²) in [5.74, 6) is -0.399. The molecule has 7 heteroatoms. The Morgan fingerprint density at radius 2 is 1.87 bits per heavy atom. The number of hydrogen-bond donors (Lipinski definition) is 2. The van der Waals surface area contributed by atoms with E-state index in [0.29, 0.717) is 6.42 Å². The molecule has 0 bridgehead atoms. The Hall–Kier alpha value is -2.90. The number of ether oxygens (including phenoxy) is 1. The molecule has 0 saturated carbocycles. The molecule has 3 unspecified atom stereocenters. The number of rotatable bonds is 7. The number of para-hydroxylation sites is 1. The molecule has 0 saturated heterocycles. The molecule has 4 rings (SSSR count). The minimum absolute atomic E-state index is 0.0362. The summed E-state index contributed by atoms with van der Waals surface area (Å²) in [6, 6.07) is 15.9. The molecule has 0 aromatic heterocycles. The van der Waals surface area contributed by atoms with Crippen molar-refractivity contribution in [1.82, 2.24) is 4.72 Å². The Kier molecular flexibility index (Phi) is 5.74. The van der Waals surface area contributed by atoms with E-state index in [1.165, 1.54) is 6.08 Å². The van der Waals surface area contributed by atoms with Crippen LogP contribution in [0.1, 0.15) is 17.5 Å². The molecule has 2 N–H and O–H groups in total. The summed E-state index contributed by atoms with van der Waals surface area (Å²) in [5, 5.41) is 9.52. The van der Waals surface area contributed by atoms with Gasteiger partial charge in [0.25, 0.3) is 0 Å². The van der Waals surface area contributed by atoms with Gasteiger partial charge in [0.1, 0.15) is 17.9 Å². The topological polar surface area (TPSA) is 92.7 Å². The van der Waals surface area contributed by atoms with Gasteiger partial charge >= 0.3 is 5.97 Å². The van der Waals surface area contributed by atoms with Gasteiger partial charge in [0, 0.05) is 5.92 Å². The van der Waals surface area contributed by atoms with Crippen LogP contribution in [0.3, 0.4) is 0 Å². The SMILES string of the molecule is O=C(O)C(CCc1ccccc1)NS(=O)(=O)C1=CC2Oc3ccccc3CC2C=C1. The number of carboxylic acids is 1. The van der Waals surface area contributed by atoms with Crippen molar-refractivity contribution in [3.63, 3.8) is 0 Å². The molecule has 156 valence electrons. The Labute approximate surface area is 175 Å². The third-order valence-electron chi connectivity index (χ3n) is 5.42. The maximum atomic E-state index is 12.9. The summed E-state index contributed by atoms with van der Waals surface area (Å²) in [6.45, 7) is 0. The molecule has 1 heterocycles. The summed E-state index contributed by atoms with van der Waals surface area (Å²) in [6.07, 6.45) is 5.92. The van der Waals surface area contributed by atoms with Crippen LogP contribution in [-0.4, -0.2) is 31.6 Å². The Morgan fingerprint density at radius 3 is 2.63 bits per heavy atom. The summed E-state index contributed by atoms with van der Waals surface area (Å²) < 4.78 is 34.1. The number of aryl methyl sites for hydroxylation is 1. The van der Waals surface area contributed by atoms with Crippen LogP contribution in [-0.2, 0) is 27.7 Å².